The van der Waals surface area contributed by atoms with E-state index in [1.165, 1.54) is 4.90 Å². The van der Waals surface area contributed by atoms with Crippen LogP contribution in [0, 0.1) is 11.8 Å². The number of carbonyl (C=O) groups is 7. The molecule has 52 heavy (non-hydrogen) atoms. The first-order valence-corrected chi connectivity index (χ1v) is 17.6. The third-order valence-corrected chi connectivity index (χ3v) is 8.52. The van der Waals surface area contributed by atoms with Gasteiger partial charge in [0.1, 0.15) is 29.8 Å². The molecule has 290 valence electrons. The van der Waals surface area contributed by atoms with Crippen LogP contribution in [0.1, 0.15) is 86.1 Å². The predicted octanol–water partition coefficient (Wildman–Crippen LogP) is 0.981. The van der Waals surface area contributed by atoms with Crippen LogP contribution in [0.3, 0.4) is 0 Å². The maximum absolute atomic E-state index is 13.7. The molecular formula is C36H56N6O10. The number of aliphatic hydroxyl groups excluding tert-OH is 1. The Hall–Kier alpha value is -4.73. The number of aliphatic hydroxyl groups is 1. The molecule has 0 aliphatic carbocycles. The van der Waals surface area contributed by atoms with E-state index in [9.17, 15) is 43.8 Å². The van der Waals surface area contributed by atoms with E-state index in [1.807, 2.05) is 0 Å². The van der Waals surface area contributed by atoms with Crippen LogP contribution in [-0.4, -0.2) is 105 Å². The Kier molecular flexibility index (Phi) is 16.5. The zero-order chi connectivity index (χ0) is 39.3. The molecule has 8 N–H and O–H groups in total. The van der Waals surface area contributed by atoms with E-state index in [2.05, 4.69) is 21.3 Å². The molecule has 16 heteroatoms. The van der Waals surface area contributed by atoms with Gasteiger partial charge >= 0.3 is 12.1 Å². The van der Waals surface area contributed by atoms with Crippen molar-refractivity contribution in [2.45, 2.75) is 129 Å². The third-order valence-electron chi connectivity index (χ3n) is 8.52. The molecule has 2 rings (SSSR count). The smallest absolute Gasteiger partial charge is 0.408 e. The Labute approximate surface area is 305 Å². The largest absolute Gasteiger partial charge is 0.481 e. The Bertz CT molecular complexity index is 1410. The molecule has 1 fully saturated rings. The second-order valence-corrected chi connectivity index (χ2v) is 14.8. The van der Waals surface area contributed by atoms with Gasteiger partial charge < -0.3 is 46.9 Å². The van der Waals surface area contributed by atoms with Crippen LogP contribution in [0.15, 0.2) is 30.3 Å². The Morgan fingerprint density at radius 3 is 2.06 bits per heavy atom. The maximum atomic E-state index is 13.7. The van der Waals surface area contributed by atoms with E-state index >= 15 is 0 Å². The molecule has 1 aromatic carbocycles. The van der Waals surface area contributed by atoms with Crippen molar-refractivity contribution in [1.82, 2.24) is 26.2 Å². The molecule has 1 aliphatic heterocycles. The number of ether oxygens (including phenoxy) is 1. The van der Waals surface area contributed by atoms with Crippen LogP contribution >= 0.6 is 0 Å². The number of hydrogen-bond donors (Lipinski definition) is 7. The highest BCUT2D eigenvalue weighted by Gasteiger charge is 2.37. The quantitative estimate of drug-likeness (QED) is 0.113. The van der Waals surface area contributed by atoms with E-state index in [1.54, 1.807) is 78.8 Å². The summed E-state index contributed by atoms with van der Waals surface area (Å²) in [5.41, 5.74) is 5.27. The molecule has 16 nitrogen and oxygen atoms in total. The van der Waals surface area contributed by atoms with Gasteiger partial charge in [0.25, 0.3) is 0 Å². The normalized spacial score (nSPS) is 17.3. The minimum absolute atomic E-state index is 0.00410. The number of carbonyl (C=O) groups excluding carboxylic acids is 6. The summed E-state index contributed by atoms with van der Waals surface area (Å²) in [4.78, 5) is 91.0. The zero-order valence-electron chi connectivity index (χ0n) is 31.1. The number of rotatable bonds is 18. The molecule has 1 heterocycles. The molecule has 0 radical (unpaired) electrons. The van der Waals surface area contributed by atoms with Crippen LogP contribution in [0.5, 0.6) is 0 Å². The van der Waals surface area contributed by atoms with Crippen LogP contribution < -0.4 is 27.0 Å². The first-order valence-electron chi connectivity index (χ1n) is 17.6. The van der Waals surface area contributed by atoms with Gasteiger partial charge in [0.2, 0.25) is 29.5 Å². The fourth-order valence-electron chi connectivity index (χ4n) is 5.81. The number of alkyl carbamates (subject to hydrolysis) is 1. The van der Waals surface area contributed by atoms with Gasteiger partial charge in [-0.1, -0.05) is 58.0 Å². The molecule has 0 spiro atoms. The van der Waals surface area contributed by atoms with Gasteiger partial charge in [-0.3, -0.25) is 28.8 Å². The minimum atomic E-state index is -1.50. The standard InChI is InChI=1S/C36H56N6O10/c1-20(2)29(31(37)47)40-33(49)25-14-11-17-42(25)27(44)16-15-26(43)23(19-28(45)46)38-32(48)24(18-22-12-9-8-10-13-22)39-34(50)30(21(3)4)41-35(51)52-36(5,6)7/h8-10,12-13,20-21,23-26,29-30,43H,11,14-19H2,1-7H3,(H2,37,47)(H,38,48)(H,39,50)(H,40,49)(H,41,51)(H,45,46)/t23-,24-,25-,26-,29-,30-/m0/s1. The molecule has 6 amide bonds. The van der Waals surface area contributed by atoms with Crippen LogP contribution in [0.2, 0.25) is 0 Å². The first-order chi connectivity index (χ1) is 24.2. The number of nitrogens with one attached hydrogen (secondary N) is 4. The second kappa shape index (κ2) is 19.8. The Morgan fingerprint density at radius 2 is 1.52 bits per heavy atom. The molecule has 6 atom stereocenters. The van der Waals surface area contributed by atoms with Gasteiger partial charge in [-0.05, 0) is 57.4 Å². The minimum Gasteiger partial charge on any atom is -0.481 e. The number of carboxylic acids is 1. The van der Waals surface area contributed by atoms with Gasteiger partial charge in [0.15, 0.2) is 0 Å². The SMILES string of the molecule is CC(C)[C@H](NC(=O)[C@@H]1CCCN1C(=O)CC[C@H](O)[C@H](CC(=O)O)NC(=O)[C@H](Cc1ccccc1)NC(=O)[C@@H](NC(=O)OC(C)(C)C)C(C)C)C(N)=O. The number of nitrogens with two attached hydrogens (primary N) is 1. The lowest BCUT2D eigenvalue weighted by Crippen LogP contribution is -2.58. The summed E-state index contributed by atoms with van der Waals surface area (Å²) < 4.78 is 5.30. The molecule has 1 saturated heterocycles. The van der Waals surface area contributed by atoms with Crippen LogP contribution in [-0.2, 0) is 39.9 Å². The maximum Gasteiger partial charge on any atom is 0.408 e. The Balaban J connectivity index is 2.20. The summed E-state index contributed by atoms with van der Waals surface area (Å²) in [6.07, 6.45) is -2.64. The molecular weight excluding hydrogens is 676 g/mol. The van der Waals surface area contributed by atoms with Gasteiger partial charge in [-0.15, -0.1) is 0 Å². The summed E-state index contributed by atoms with van der Waals surface area (Å²) >= 11 is 0. The van der Waals surface area contributed by atoms with E-state index in [4.69, 9.17) is 10.5 Å². The third kappa shape index (κ3) is 14.1. The molecule has 1 aromatic rings. The Morgan fingerprint density at radius 1 is 0.904 bits per heavy atom. The van der Waals surface area contributed by atoms with Crippen molar-refractivity contribution < 1.29 is 48.5 Å². The number of benzene rings is 1. The number of nitrogens with zero attached hydrogens (tertiary/aromatic N) is 1. The molecule has 0 saturated carbocycles. The first kappa shape index (κ1) is 43.4. The lowest BCUT2D eigenvalue weighted by atomic mass is 9.99. The highest BCUT2D eigenvalue weighted by molar-refractivity contribution is 5.93. The molecule has 0 aromatic heterocycles. The van der Waals surface area contributed by atoms with E-state index in [0.717, 1.165) is 0 Å². The summed E-state index contributed by atoms with van der Waals surface area (Å²) in [5, 5.41) is 31.1. The lowest BCUT2D eigenvalue weighted by Gasteiger charge is -2.29. The van der Waals surface area contributed by atoms with Crippen LogP contribution in [0.4, 0.5) is 4.79 Å². The summed E-state index contributed by atoms with van der Waals surface area (Å²) in [6.45, 7) is 12.2. The number of amides is 6. The number of likely N-dealkylation sites (tertiary alicyclic amines) is 1. The molecule has 0 unspecified atom stereocenters. The fourth-order valence-corrected chi connectivity index (χ4v) is 5.81. The molecule has 1 aliphatic rings. The van der Waals surface area contributed by atoms with Crippen LogP contribution in [0.25, 0.3) is 0 Å². The number of carboxylic acid groups (broad SMARTS) is 1. The van der Waals surface area contributed by atoms with Crippen molar-refractivity contribution in [2.24, 2.45) is 17.6 Å². The zero-order valence-corrected chi connectivity index (χ0v) is 31.1. The van der Waals surface area contributed by atoms with Gasteiger partial charge in [-0.25, -0.2) is 4.79 Å². The number of primary amides is 1. The van der Waals surface area contributed by atoms with Gasteiger partial charge in [0, 0.05) is 19.4 Å². The lowest BCUT2D eigenvalue weighted by molar-refractivity contribution is -0.140. The average Bonchev–Trinajstić information content (AvgIpc) is 3.53. The second-order valence-electron chi connectivity index (χ2n) is 14.8. The fraction of sp³-hybridized carbons (Fsp3) is 0.639. The van der Waals surface area contributed by atoms with E-state index in [0.29, 0.717) is 18.4 Å². The summed E-state index contributed by atoms with van der Waals surface area (Å²) in [7, 11) is 0. The van der Waals surface area contributed by atoms with Crippen molar-refractivity contribution in [1.29, 1.82) is 0 Å². The molecule has 0 bridgehead atoms. The van der Waals surface area contributed by atoms with E-state index < -0.39 is 95.9 Å². The topological polar surface area (TPSA) is 247 Å². The van der Waals surface area contributed by atoms with E-state index in [-0.39, 0.29) is 31.7 Å². The summed E-state index contributed by atoms with van der Waals surface area (Å²) in [5.74, 6) is -5.17. The van der Waals surface area contributed by atoms with Crippen molar-refractivity contribution in [3.63, 3.8) is 0 Å². The van der Waals surface area contributed by atoms with Crippen molar-refractivity contribution in [2.75, 3.05) is 6.54 Å². The van der Waals surface area contributed by atoms with Gasteiger partial charge in [-0.2, -0.15) is 0 Å². The number of aliphatic carboxylic acids is 1. The van der Waals surface area contributed by atoms with Gasteiger partial charge in [0.05, 0.1) is 18.6 Å². The van der Waals surface area contributed by atoms with Crippen molar-refractivity contribution in [3.05, 3.63) is 35.9 Å². The number of hydrogen-bond acceptors (Lipinski definition) is 9. The average molecular weight is 733 g/mol. The van der Waals surface area contributed by atoms with Crippen molar-refractivity contribution in [3.8, 4) is 0 Å². The monoisotopic (exact) mass is 732 g/mol. The predicted molar refractivity (Wildman–Crippen MR) is 190 cm³/mol. The van der Waals surface area contributed by atoms with Crippen molar-refractivity contribution >= 4 is 41.6 Å². The summed E-state index contributed by atoms with van der Waals surface area (Å²) in [6, 6.07) is 3.29. The highest BCUT2D eigenvalue weighted by Crippen LogP contribution is 2.21. The highest BCUT2D eigenvalue weighted by atomic mass is 16.6.